The monoisotopic (exact) mass is 192 g/mol. The fourth-order valence-corrected chi connectivity index (χ4v) is 1.50. The molecule has 1 fully saturated rings. The normalized spacial score (nSPS) is 20.6. The molecule has 0 aliphatic carbocycles. The van der Waals surface area contributed by atoms with E-state index in [1.54, 1.807) is 0 Å². The molecule has 0 saturated carbocycles. The zero-order chi connectivity index (χ0) is 10.4. The van der Waals surface area contributed by atoms with Crippen molar-refractivity contribution in [3.63, 3.8) is 0 Å². The molecule has 0 radical (unpaired) electrons. The van der Waals surface area contributed by atoms with E-state index in [0.29, 0.717) is 12.0 Å². The fraction of sp³-hybridized carbons (Fsp3) is 0.538. The van der Waals surface area contributed by atoms with E-state index >= 15 is 0 Å². The number of epoxide rings is 1. The number of ether oxygens (including phenoxy) is 1. The maximum absolute atomic E-state index is 5.24. The van der Waals surface area contributed by atoms with Crippen LogP contribution in [0, 0.1) is 5.92 Å². The molecule has 2 atom stereocenters. The maximum Gasteiger partial charge on any atom is 0.0838 e. The minimum absolute atomic E-state index is 0.533. The van der Waals surface area contributed by atoms with E-state index in [4.69, 9.17) is 4.74 Å². The van der Waals surface area contributed by atoms with Crippen molar-refractivity contribution in [2.24, 2.45) is 5.92 Å². The smallest absolute Gasteiger partial charge is 0.0838 e. The molecule has 2 rings (SSSR count). The van der Waals surface area contributed by atoms with Gasteiger partial charge in [-0.15, -0.1) is 0 Å². The average molecular weight is 192 g/mol. The first-order valence-electron chi connectivity index (χ1n) is 5.52. The topological polar surface area (TPSA) is 12.5 Å². The van der Waals surface area contributed by atoms with Gasteiger partial charge in [0.05, 0.1) is 12.7 Å². The highest BCUT2D eigenvalue weighted by atomic mass is 16.6. The standard InChI is InChI=1S/C11H14O.C2H6/c1-9(11-8-12-11)7-10-5-3-2-4-6-10;1-2/h2-6,9,11H,7-8H2,1H3;1-2H3/t9-,11+;/m0./s1. The quantitative estimate of drug-likeness (QED) is 0.669. The summed E-state index contributed by atoms with van der Waals surface area (Å²) in [6, 6.07) is 10.6. The van der Waals surface area contributed by atoms with Gasteiger partial charge in [0.2, 0.25) is 0 Å². The largest absolute Gasteiger partial charge is 0.373 e. The Morgan fingerprint density at radius 1 is 1.29 bits per heavy atom. The van der Waals surface area contributed by atoms with Gasteiger partial charge in [-0.3, -0.25) is 0 Å². The molecule has 1 nitrogen and oxygen atoms in total. The zero-order valence-electron chi connectivity index (χ0n) is 9.36. The van der Waals surface area contributed by atoms with Crippen LogP contribution in [0.2, 0.25) is 0 Å². The Kier molecular flexibility index (Phi) is 4.68. The molecule has 78 valence electrons. The first-order chi connectivity index (χ1) is 6.86. The molecule has 0 amide bonds. The predicted octanol–water partition coefficient (Wildman–Crippen LogP) is 3.29. The second kappa shape index (κ2) is 5.82. The Balaban J connectivity index is 0.000000461. The summed E-state index contributed by atoms with van der Waals surface area (Å²) in [5, 5.41) is 0. The van der Waals surface area contributed by atoms with Crippen LogP contribution in [0.4, 0.5) is 0 Å². The van der Waals surface area contributed by atoms with Crippen LogP contribution < -0.4 is 0 Å². The van der Waals surface area contributed by atoms with Crippen LogP contribution in [0.1, 0.15) is 26.3 Å². The van der Waals surface area contributed by atoms with Gasteiger partial charge in [0, 0.05) is 0 Å². The van der Waals surface area contributed by atoms with Crippen molar-refractivity contribution in [2.45, 2.75) is 33.3 Å². The van der Waals surface area contributed by atoms with Gasteiger partial charge in [0.1, 0.15) is 0 Å². The van der Waals surface area contributed by atoms with Gasteiger partial charge in [-0.25, -0.2) is 0 Å². The van der Waals surface area contributed by atoms with E-state index in [-0.39, 0.29) is 0 Å². The van der Waals surface area contributed by atoms with E-state index < -0.39 is 0 Å². The molecule has 1 aromatic carbocycles. The maximum atomic E-state index is 5.24. The summed E-state index contributed by atoms with van der Waals surface area (Å²) in [4.78, 5) is 0. The van der Waals surface area contributed by atoms with Gasteiger partial charge in [0.25, 0.3) is 0 Å². The molecule has 0 N–H and O–H groups in total. The molecule has 1 saturated heterocycles. The van der Waals surface area contributed by atoms with Gasteiger partial charge in [-0.2, -0.15) is 0 Å². The van der Waals surface area contributed by atoms with Gasteiger partial charge in [0.15, 0.2) is 0 Å². The zero-order valence-corrected chi connectivity index (χ0v) is 9.36. The van der Waals surface area contributed by atoms with Crippen molar-refractivity contribution < 1.29 is 4.74 Å². The first-order valence-corrected chi connectivity index (χ1v) is 5.52. The Morgan fingerprint density at radius 2 is 1.86 bits per heavy atom. The van der Waals surface area contributed by atoms with Gasteiger partial charge >= 0.3 is 0 Å². The number of hydrogen-bond acceptors (Lipinski definition) is 1. The number of benzene rings is 1. The van der Waals surface area contributed by atoms with Crippen LogP contribution in [0.25, 0.3) is 0 Å². The molecule has 1 aromatic rings. The summed E-state index contributed by atoms with van der Waals surface area (Å²) in [6.45, 7) is 7.22. The number of rotatable bonds is 3. The Hall–Kier alpha value is -0.820. The second-order valence-corrected chi connectivity index (χ2v) is 3.54. The second-order valence-electron chi connectivity index (χ2n) is 3.54. The third-order valence-electron chi connectivity index (χ3n) is 2.39. The lowest BCUT2D eigenvalue weighted by Crippen LogP contribution is -2.06. The summed E-state index contributed by atoms with van der Waals surface area (Å²) >= 11 is 0. The highest BCUT2D eigenvalue weighted by Gasteiger charge is 2.28. The van der Waals surface area contributed by atoms with E-state index in [1.807, 2.05) is 13.8 Å². The number of hydrogen-bond donors (Lipinski definition) is 0. The minimum atomic E-state index is 0.533. The molecular weight excluding hydrogens is 172 g/mol. The van der Waals surface area contributed by atoms with E-state index in [2.05, 4.69) is 37.3 Å². The molecule has 0 aromatic heterocycles. The Bertz CT molecular complexity index is 239. The molecule has 1 aliphatic rings. The molecule has 0 bridgehead atoms. The van der Waals surface area contributed by atoms with Crippen LogP contribution in [0.15, 0.2) is 30.3 Å². The third-order valence-corrected chi connectivity index (χ3v) is 2.39. The molecule has 1 aliphatic heterocycles. The van der Waals surface area contributed by atoms with Gasteiger partial charge < -0.3 is 4.74 Å². The van der Waals surface area contributed by atoms with E-state index in [9.17, 15) is 0 Å². The summed E-state index contributed by atoms with van der Waals surface area (Å²) in [7, 11) is 0. The first kappa shape index (κ1) is 11.3. The summed E-state index contributed by atoms with van der Waals surface area (Å²) in [5.74, 6) is 0.674. The molecule has 1 heteroatoms. The molecule has 0 unspecified atom stereocenters. The van der Waals surface area contributed by atoms with Crippen LogP contribution in [0.5, 0.6) is 0 Å². The fourth-order valence-electron chi connectivity index (χ4n) is 1.50. The summed E-state index contributed by atoms with van der Waals surface area (Å²) in [6.07, 6.45) is 1.68. The summed E-state index contributed by atoms with van der Waals surface area (Å²) in [5.41, 5.74) is 1.42. The molecule has 0 spiro atoms. The molecule has 1 heterocycles. The summed E-state index contributed by atoms with van der Waals surface area (Å²) < 4.78 is 5.24. The lowest BCUT2D eigenvalue weighted by molar-refractivity contribution is 0.341. The SMILES string of the molecule is CC.C[C@@H](Cc1ccccc1)[C@H]1CO1. The molecule has 14 heavy (non-hydrogen) atoms. The van der Waals surface area contributed by atoms with Crippen LogP contribution in [-0.4, -0.2) is 12.7 Å². The Morgan fingerprint density at radius 3 is 2.36 bits per heavy atom. The highest BCUT2D eigenvalue weighted by molar-refractivity contribution is 5.15. The van der Waals surface area contributed by atoms with Crippen molar-refractivity contribution in [3.8, 4) is 0 Å². The van der Waals surface area contributed by atoms with Crippen molar-refractivity contribution in [2.75, 3.05) is 6.61 Å². The lowest BCUT2D eigenvalue weighted by Gasteiger charge is -2.06. The third kappa shape index (κ3) is 3.51. The van der Waals surface area contributed by atoms with Crippen LogP contribution in [-0.2, 0) is 11.2 Å². The van der Waals surface area contributed by atoms with Crippen LogP contribution >= 0.6 is 0 Å². The molecular formula is C13H20O. The van der Waals surface area contributed by atoms with Crippen molar-refractivity contribution >= 4 is 0 Å². The predicted molar refractivity (Wildman–Crippen MR) is 60.4 cm³/mol. The van der Waals surface area contributed by atoms with Crippen LogP contribution in [0.3, 0.4) is 0 Å². The Labute approximate surface area is 87.1 Å². The van der Waals surface area contributed by atoms with Crippen molar-refractivity contribution in [1.29, 1.82) is 0 Å². The average Bonchev–Trinajstić information content (AvgIpc) is 3.05. The van der Waals surface area contributed by atoms with Crippen molar-refractivity contribution in [3.05, 3.63) is 35.9 Å². The lowest BCUT2D eigenvalue weighted by atomic mass is 9.99. The minimum Gasteiger partial charge on any atom is -0.373 e. The van der Waals surface area contributed by atoms with Crippen molar-refractivity contribution in [1.82, 2.24) is 0 Å². The van der Waals surface area contributed by atoms with Gasteiger partial charge in [-0.1, -0.05) is 51.1 Å². The highest BCUT2D eigenvalue weighted by Crippen LogP contribution is 2.22. The van der Waals surface area contributed by atoms with Gasteiger partial charge in [-0.05, 0) is 17.9 Å². The van der Waals surface area contributed by atoms with E-state index in [0.717, 1.165) is 13.0 Å². The van der Waals surface area contributed by atoms with E-state index in [1.165, 1.54) is 5.56 Å².